The number of phenols is 1. The topological polar surface area (TPSA) is 29.5 Å². The number of aryl methyl sites for hydroxylation is 1. The summed E-state index contributed by atoms with van der Waals surface area (Å²) < 4.78 is 5.21. The maximum atomic E-state index is 9.83. The lowest BCUT2D eigenvalue weighted by Gasteiger charge is -2.25. The van der Waals surface area contributed by atoms with E-state index in [4.69, 9.17) is 4.74 Å². The highest BCUT2D eigenvalue weighted by Crippen LogP contribution is 2.36. The molecule has 1 aliphatic rings. The fourth-order valence-corrected chi connectivity index (χ4v) is 3.08. The van der Waals surface area contributed by atoms with Gasteiger partial charge in [-0.15, -0.1) is 0 Å². The number of hydrogen-bond acceptors (Lipinski definition) is 2. The van der Waals surface area contributed by atoms with Gasteiger partial charge in [0.25, 0.3) is 0 Å². The third-order valence-corrected chi connectivity index (χ3v) is 4.47. The van der Waals surface area contributed by atoms with Crippen LogP contribution in [0.1, 0.15) is 50.2 Å². The van der Waals surface area contributed by atoms with Crippen LogP contribution in [0.2, 0.25) is 0 Å². The maximum absolute atomic E-state index is 9.83. The van der Waals surface area contributed by atoms with Gasteiger partial charge in [0.1, 0.15) is 0 Å². The number of hydrogen-bond donors (Lipinski definition) is 1. The SMILES string of the molecule is C=C(CC)CCCC1CCc2cc(O)c(OC)cc2C1. The van der Waals surface area contributed by atoms with Crippen LogP contribution in [0.5, 0.6) is 11.5 Å². The zero-order valence-corrected chi connectivity index (χ0v) is 12.7. The van der Waals surface area contributed by atoms with Gasteiger partial charge in [0.2, 0.25) is 0 Å². The van der Waals surface area contributed by atoms with Crippen molar-refractivity contribution in [1.82, 2.24) is 0 Å². The van der Waals surface area contributed by atoms with Crippen LogP contribution >= 0.6 is 0 Å². The molecule has 0 aromatic heterocycles. The molecular weight excluding hydrogens is 248 g/mol. The molecule has 0 saturated heterocycles. The molecule has 110 valence electrons. The van der Waals surface area contributed by atoms with Crippen molar-refractivity contribution in [3.63, 3.8) is 0 Å². The average molecular weight is 274 g/mol. The van der Waals surface area contributed by atoms with Gasteiger partial charge < -0.3 is 9.84 Å². The van der Waals surface area contributed by atoms with Crippen LogP contribution in [0.4, 0.5) is 0 Å². The minimum absolute atomic E-state index is 0.268. The summed E-state index contributed by atoms with van der Waals surface area (Å²) in [4.78, 5) is 0. The summed E-state index contributed by atoms with van der Waals surface area (Å²) in [5.74, 6) is 1.63. The van der Waals surface area contributed by atoms with Gasteiger partial charge in [0.05, 0.1) is 7.11 Å². The molecule has 0 heterocycles. The van der Waals surface area contributed by atoms with Gasteiger partial charge in [-0.25, -0.2) is 0 Å². The highest BCUT2D eigenvalue weighted by atomic mass is 16.5. The highest BCUT2D eigenvalue weighted by Gasteiger charge is 2.20. The van der Waals surface area contributed by atoms with Crippen molar-refractivity contribution in [1.29, 1.82) is 0 Å². The Morgan fingerprint density at radius 1 is 1.40 bits per heavy atom. The third kappa shape index (κ3) is 3.56. The molecule has 1 aromatic carbocycles. The Kier molecular flexibility index (Phi) is 5.11. The second kappa shape index (κ2) is 6.83. The van der Waals surface area contributed by atoms with Crippen LogP contribution in [0.25, 0.3) is 0 Å². The third-order valence-electron chi connectivity index (χ3n) is 4.47. The largest absolute Gasteiger partial charge is 0.504 e. The molecule has 0 spiro atoms. The fourth-order valence-electron chi connectivity index (χ4n) is 3.08. The van der Waals surface area contributed by atoms with Crippen molar-refractivity contribution in [2.24, 2.45) is 5.92 Å². The lowest BCUT2D eigenvalue weighted by Crippen LogP contribution is -2.14. The number of rotatable bonds is 6. The van der Waals surface area contributed by atoms with Crippen LogP contribution < -0.4 is 4.74 Å². The number of phenolic OH excluding ortho intramolecular Hbond substituents is 1. The Bertz CT molecular complexity index is 477. The van der Waals surface area contributed by atoms with Crippen molar-refractivity contribution in [3.05, 3.63) is 35.4 Å². The van der Waals surface area contributed by atoms with Crippen molar-refractivity contribution in [3.8, 4) is 11.5 Å². The molecule has 0 radical (unpaired) electrons. The van der Waals surface area contributed by atoms with E-state index in [1.165, 1.54) is 42.4 Å². The highest BCUT2D eigenvalue weighted by molar-refractivity contribution is 5.47. The molecule has 0 amide bonds. The summed E-state index contributed by atoms with van der Waals surface area (Å²) in [6.07, 6.45) is 8.22. The molecule has 0 bridgehead atoms. The average Bonchev–Trinajstić information content (AvgIpc) is 2.46. The first kappa shape index (κ1) is 15.0. The van der Waals surface area contributed by atoms with E-state index in [0.29, 0.717) is 5.75 Å². The molecule has 2 nitrogen and oxygen atoms in total. The molecule has 20 heavy (non-hydrogen) atoms. The number of fused-ring (bicyclic) bond motifs is 1. The summed E-state index contributed by atoms with van der Waals surface area (Å²) in [6, 6.07) is 3.89. The van der Waals surface area contributed by atoms with Crippen LogP contribution in [0, 0.1) is 5.92 Å². The van der Waals surface area contributed by atoms with E-state index >= 15 is 0 Å². The summed E-state index contributed by atoms with van der Waals surface area (Å²) in [5, 5.41) is 9.83. The van der Waals surface area contributed by atoms with Gasteiger partial charge in [-0.1, -0.05) is 19.1 Å². The number of methoxy groups -OCH3 is 1. The molecule has 0 aliphatic heterocycles. The van der Waals surface area contributed by atoms with Crippen LogP contribution in [0.15, 0.2) is 24.3 Å². The molecular formula is C18H26O2. The van der Waals surface area contributed by atoms with E-state index in [0.717, 1.165) is 25.2 Å². The Balaban J connectivity index is 1.94. The van der Waals surface area contributed by atoms with Gasteiger partial charge in [-0.05, 0) is 74.1 Å². The number of aromatic hydroxyl groups is 1. The molecule has 1 aromatic rings. The van der Waals surface area contributed by atoms with E-state index in [9.17, 15) is 5.11 Å². The monoisotopic (exact) mass is 274 g/mol. The second-order valence-corrected chi connectivity index (χ2v) is 5.90. The van der Waals surface area contributed by atoms with Gasteiger partial charge in [-0.3, -0.25) is 0 Å². The molecule has 0 fully saturated rings. The van der Waals surface area contributed by atoms with Crippen LogP contribution in [-0.2, 0) is 12.8 Å². The molecule has 0 saturated carbocycles. The quantitative estimate of drug-likeness (QED) is 0.766. The Labute approximate surface area is 122 Å². The fraction of sp³-hybridized carbons (Fsp3) is 0.556. The van der Waals surface area contributed by atoms with E-state index < -0.39 is 0 Å². The van der Waals surface area contributed by atoms with E-state index in [1.807, 2.05) is 12.1 Å². The van der Waals surface area contributed by atoms with Crippen molar-refractivity contribution < 1.29 is 9.84 Å². The van der Waals surface area contributed by atoms with Crippen LogP contribution in [0.3, 0.4) is 0 Å². The zero-order chi connectivity index (χ0) is 14.5. The van der Waals surface area contributed by atoms with Crippen molar-refractivity contribution in [2.75, 3.05) is 7.11 Å². The molecule has 2 rings (SSSR count). The maximum Gasteiger partial charge on any atom is 0.160 e. The summed E-state index contributed by atoms with van der Waals surface area (Å²) in [6.45, 7) is 6.26. The molecule has 1 aliphatic carbocycles. The lowest BCUT2D eigenvalue weighted by molar-refractivity contribution is 0.367. The Morgan fingerprint density at radius 2 is 2.20 bits per heavy atom. The normalized spacial score (nSPS) is 17.6. The van der Waals surface area contributed by atoms with Gasteiger partial charge in [0.15, 0.2) is 11.5 Å². The minimum Gasteiger partial charge on any atom is -0.504 e. The minimum atomic E-state index is 0.268. The van der Waals surface area contributed by atoms with Gasteiger partial charge in [0, 0.05) is 0 Å². The Hall–Kier alpha value is -1.44. The Morgan fingerprint density at radius 3 is 2.90 bits per heavy atom. The van der Waals surface area contributed by atoms with E-state index in [1.54, 1.807) is 7.11 Å². The molecule has 1 N–H and O–H groups in total. The molecule has 2 heteroatoms. The smallest absolute Gasteiger partial charge is 0.160 e. The molecule has 1 unspecified atom stereocenters. The zero-order valence-electron chi connectivity index (χ0n) is 12.7. The lowest BCUT2D eigenvalue weighted by atomic mass is 9.81. The first-order valence-electron chi connectivity index (χ1n) is 7.69. The van der Waals surface area contributed by atoms with E-state index in [-0.39, 0.29) is 5.75 Å². The second-order valence-electron chi connectivity index (χ2n) is 5.90. The standard InChI is InChI=1S/C18H26O2/c1-4-13(2)6-5-7-14-8-9-15-11-17(19)18(20-3)12-16(15)10-14/h11-12,14,19H,2,4-10H2,1,3H3. The first-order chi connectivity index (χ1) is 9.63. The summed E-state index contributed by atoms with van der Waals surface area (Å²) >= 11 is 0. The summed E-state index contributed by atoms with van der Waals surface area (Å²) in [5.41, 5.74) is 4.01. The van der Waals surface area contributed by atoms with Crippen molar-refractivity contribution in [2.45, 2.75) is 51.9 Å². The van der Waals surface area contributed by atoms with E-state index in [2.05, 4.69) is 13.5 Å². The van der Waals surface area contributed by atoms with Gasteiger partial charge >= 0.3 is 0 Å². The summed E-state index contributed by atoms with van der Waals surface area (Å²) in [7, 11) is 1.61. The number of benzene rings is 1. The van der Waals surface area contributed by atoms with Crippen molar-refractivity contribution >= 4 is 0 Å². The number of allylic oxidation sites excluding steroid dienone is 1. The van der Waals surface area contributed by atoms with Crippen LogP contribution in [-0.4, -0.2) is 12.2 Å². The van der Waals surface area contributed by atoms with Gasteiger partial charge in [-0.2, -0.15) is 0 Å². The predicted molar refractivity (Wildman–Crippen MR) is 83.5 cm³/mol. The first-order valence-corrected chi connectivity index (χ1v) is 7.69. The number of ether oxygens (including phenoxy) is 1. The molecule has 1 atom stereocenters. The predicted octanol–water partition coefficient (Wildman–Crippen LogP) is 4.64.